The van der Waals surface area contributed by atoms with E-state index in [1.165, 1.54) is 19.3 Å². The third-order valence-electron chi connectivity index (χ3n) is 7.24. The Morgan fingerprint density at radius 3 is 2.31 bits per heavy atom. The first kappa shape index (κ1) is 22.3. The maximum atomic E-state index is 13.4. The van der Waals surface area contributed by atoms with Gasteiger partial charge in [-0.15, -0.1) is 0 Å². The van der Waals surface area contributed by atoms with Crippen LogP contribution in [0.3, 0.4) is 0 Å². The summed E-state index contributed by atoms with van der Waals surface area (Å²) in [6, 6.07) is 12.7. The Labute approximate surface area is 203 Å². The van der Waals surface area contributed by atoms with E-state index in [4.69, 9.17) is 34.8 Å². The zero-order valence-electron chi connectivity index (χ0n) is 17.9. The lowest BCUT2D eigenvalue weighted by atomic mass is 9.90. The Morgan fingerprint density at radius 2 is 1.66 bits per heavy atom. The van der Waals surface area contributed by atoms with E-state index >= 15 is 0 Å². The average molecular weight is 494 g/mol. The Bertz CT molecular complexity index is 989. The Balaban J connectivity index is 1.40. The van der Waals surface area contributed by atoms with Crippen LogP contribution in [0.2, 0.25) is 15.1 Å². The quantitative estimate of drug-likeness (QED) is 0.592. The molecular weight excluding hydrogens is 467 g/mol. The second kappa shape index (κ2) is 9.03. The summed E-state index contributed by atoms with van der Waals surface area (Å²) < 4.78 is 0. The van der Waals surface area contributed by atoms with Crippen molar-refractivity contribution in [2.45, 2.75) is 38.3 Å². The van der Waals surface area contributed by atoms with Crippen molar-refractivity contribution in [3.8, 4) is 0 Å². The van der Waals surface area contributed by atoms with Gasteiger partial charge in [0.1, 0.15) is 6.04 Å². The third-order valence-corrected chi connectivity index (χ3v) is 8.03. The van der Waals surface area contributed by atoms with Crippen molar-refractivity contribution in [3.05, 3.63) is 63.1 Å². The number of nitrogens with zero attached hydrogens (tertiary/aromatic N) is 2. The molecule has 2 saturated heterocycles. The molecular formula is C24H27Cl3N4O. The number of fused-ring (bicyclic) bond motifs is 1. The molecule has 2 N–H and O–H groups in total. The summed E-state index contributed by atoms with van der Waals surface area (Å²) in [6.45, 7) is 3.99. The molecule has 1 saturated carbocycles. The summed E-state index contributed by atoms with van der Waals surface area (Å²) in [4.78, 5) is 13.4. The van der Waals surface area contributed by atoms with Crippen LogP contribution in [0.15, 0.2) is 42.5 Å². The first-order chi connectivity index (χ1) is 15.4. The smallest absolute Gasteiger partial charge is 0.253 e. The van der Waals surface area contributed by atoms with Crippen LogP contribution in [0.1, 0.15) is 37.8 Å². The lowest BCUT2D eigenvalue weighted by molar-refractivity contribution is -0.128. The summed E-state index contributed by atoms with van der Waals surface area (Å²) in [6.07, 6.45) is 3.87. The van der Waals surface area contributed by atoms with Crippen LogP contribution in [0, 0.1) is 17.8 Å². The SMILES string of the molecule is C[C@@H]1C(C(=O)NN2CC3CCCC3C2)NN(c2ccc(Cl)cc2Cl)C1c1ccc(Cl)cc1. The molecule has 170 valence electrons. The standard InChI is InChI=1S/C24H27Cl3N4O/c1-14-22(24(32)29-30-12-16-3-2-4-17(16)13-30)28-31(21-10-9-19(26)11-20(21)27)23(14)15-5-7-18(25)8-6-15/h5-11,14,16-17,22-23,28H,2-4,12-13H2,1H3,(H,29,32)/t14-,16?,17?,22?,23?/m1/s1. The van der Waals surface area contributed by atoms with Gasteiger partial charge in [0.15, 0.2) is 0 Å². The second-order valence-electron chi connectivity index (χ2n) is 9.26. The second-order valence-corrected chi connectivity index (χ2v) is 10.5. The lowest BCUT2D eigenvalue weighted by Gasteiger charge is -2.29. The molecule has 0 bridgehead atoms. The van der Waals surface area contributed by atoms with Crippen molar-refractivity contribution in [1.82, 2.24) is 15.9 Å². The van der Waals surface area contributed by atoms with Gasteiger partial charge in [0.25, 0.3) is 5.91 Å². The molecule has 3 fully saturated rings. The molecule has 0 radical (unpaired) electrons. The zero-order chi connectivity index (χ0) is 22.4. The van der Waals surface area contributed by atoms with Crippen LogP contribution in [-0.4, -0.2) is 30.0 Å². The molecule has 3 aliphatic rings. The molecule has 1 aliphatic carbocycles. The maximum Gasteiger partial charge on any atom is 0.253 e. The third kappa shape index (κ3) is 4.22. The predicted molar refractivity (Wildman–Crippen MR) is 130 cm³/mol. The van der Waals surface area contributed by atoms with E-state index in [9.17, 15) is 4.79 Å². The first-order valence-electron chi connectivity index (χ1n) is 11.2. The molecule has 5 rings (SSSR count). The van der Waals surface area contributed by atoms with Crippen molar-refractivity contribution < 1.29 is 4.79 Å². The van der Waals surface area contributed by atoms with Crippen molar-refractivity contribution in [1.29, 1.82) is 0 Å². The van der Waals surface area contributed by atoms with Crippen LogP contribution < -0.4 is 15.9 Å². The monoisotopic (exact) mass is 492 g/mol. The molecule has 4 unspecified atom stereocenters. The number of hydrogen-bond donors (Lipinski definition) is 2. The van der Waals surface area contributed by atoms with Gasteiger partial charge in [-0.2, -0.15) is 0 Å². The van der Waals surface area contributed by atoms with Gasteiger partial charge in [0.2, 0.25) is 0 Å². The van der Waals surface area contributed by atoms with Gasteiger partial charge in [0.05, 0.1) is 16.8 Å². The normalized spacial score (nSPS) is 30.0. The number of rotatable bonds is 4. The number of hydrogen-bond acceptors (Lipinski definition) is 4. The fraction of sp³-hybridized carbons (Fsp3) is 0.458. The summed E-state index contributed by atoms with van der Waals surface area (Å²) >= 11 is 18.8. The van der Waals surface area contributed by atoms with Gasteiger partial charge in [-0.05, 0) is 60.6 Å². The van der Waals surface area contributed by atoms with E-state index in [1.807, 2.05) is 41.4 Å². The van der Waals surface area contributed by atoms with Crippen LogP contribution in [0.4, 0.5) is 5.69 Å². The highest BCUT2D eigenvalue weighted by molar-refractivity contribution is 6.36. The van der Waals surface area contributed by atoms with Crippen molar-refractivity contribution in [2.75, 3.05) is 18.1 Å². The zero-order valence-corrected chi connectivity index (χ0v) is 20.2. The van der Waals surface area contributed by atoms with Gasteiger partial charge in [-0.3, -0.25) is 15.2 Å². The van der Waals surface area contributed by atoms with Gasteiger partial charge < -0.3 is 0 Å². The summed E-state index contributed by atoms with van der Waals surface area (Å²) in [5.41, 5.74) is 8.47. The molecule has 2 aromatic rings. The molecule has 32 heavy (non-hydrogen) atoms. The maximum absolute atomic E-state index is 13.4. The minimum absolute atomic E-state index is 0.00924. The number of carbonyl (C=O) groups is 1. The van der Waals surface area contributed by atoms with Crippen LogP contribution in [0.25, 0.3) is 0 Å². The number of anilines is 1. The van der Waals surface area contributed by atoms with E-state index in [-0.39, 0.29) is 17.9 Å². The van der Waals surface area contributed by atoms with Gasteiger partial charge >= 0.3 is 0 Å². The minimum atomic E-state index is -0.400. The van der Waals surface area contributed by atoms with Crippen molar-refractivity contribution in [2.24, 2.45) is 17.8 Å². The number of benzene rings is 2. The molecule has 5 nitrogen and oxygen atoms in total. The first-order valence-corrected chi connectivity index (χ1v) is 12.4. The highest BCUT2D eigenvalue weighted by Crippen LogP contribution is 2.42. The number of nitrogens with one attached hydrogen (secondary N) is 2. The highest BCUT2D eigenvalue weighted by atomic mass is 35.5. The van der Waals surface area contributed by atoms with E-state index in [2.05, 4.69) is 22.8 Å². The molecule has 8 heteroatoms. The predicted octanol–water partition coefficient (Wildman–Crippen LogP) is 5.48. The number of hydrazine groups is 2. The van der Waals surface area contributed by atoms with Crippen LogP contribution in [-0.2, 0) is 4.79 Å². The average Bonchev–Trinajstić information content (AvgIpc) is 3.42. The van der Waals surface area contributed by atoms with Crippen molar-refractivity contribution >= 4 is 46.4 Å². The van der Waals surface area contributed by atoms with Gasteiger partial charge in [-0.1, -0.05) is 60.3 Å². The summed E-state index contributed by atoms with van der Waals surface area (Å²) in [5, 5.41) is 5.89. The largest absolute Gasteiger partial charge is 0.298 e. The number of amides is 1. The Morgan fingerprint density at radius 1 is 1.00 bits per heavy atom. The van der Waals surface area contributed by atoms with Crippen LogP contribution in [0.5, 0.6) is 0 Å². The lowest BCUT2D eigenvalue weighted by Crippen LogP contribution is -2.52. The number of carbonyl (C=O) groups excluding carboxylic acids is 1. The van der Waals surface area contributed by atoms with Crippen LogP contribution >= 0.6 is 34.8 Å². The molecule has 2 heterocycles. The molecule has 1 amide bonds. The van der Waals surface area contributed by atoms with Gasteiger partial charge in [0, 0.05) is 29.1 Å². The fourth-order valence-corrected chi connectivity index (χ4v) is 6.25. The minimum Gasteiger partial charge on any atom is -0.298 e. The fourth-order valence-electron chi connectivity index (χ4n) is 5.62. The summed E-state index contributed by atoms with van der Waals surface area (Å²) in [5.74, 6) is 1.42. The van der Waals surface area contributed by atoms with Gasteiger partial charge in [-0.25, -0.2) is 10.4 Å². The van der Waals surface area contributed by atoms with E-state index in [0.717, 1.165) is 36.2 Å². The van der Waals surface area contributed by atoms with Crippen molar-refractivity contribution in [3.63, 3.8) is 0 Å². The van der Waals surface area contributed by atoms with E-state index in [1.54, 1.807) is 6.07 Å². The molecule has 2 aromatic carbocycles. The highest BCUT2D eigenvalue weighted by Gasteiger charge is 2.45. The molecule has 0 spiro atoms. The molecule has 0 aromatic heterocycles. The Kier molecular flexibility index (Phi) is 6.30. The summed E-state index contributed by atoms with van der Waals surface area (Å²) in [7, 11) is 0. The Hall–Kier alpha value is -1.50. The molecule has 5 atom stereocenters. The number of halogens is 3. The van der Waals surface area contributed by atoms with E-state index in [0.29, 0.717) is 15.1 Å². The van der Waals surface area contributed by atoms with E-state index < -0.39 is 6.04 Å². The topological polar surface area (TPSA) is 47.6 Å². The molecule has 2 aliphatic heterocycles.